The molecule has 1 aliphatic rings. The summed E-state index contributed by atoms with van der Waals surface area (Å²) in [6.07, 6.45) is 7.49. The van der Waals surface area contributed by atoms with Crippen LogP contribution in [-0.2, 0) is 12.8 Å². The standard InChI is InChI=1S/C14H25N3S/c1-3-4-9-17(2)12(10-15)14-16-11-7-5-6-8-13(11)18-14/h12H,3-10,15H2,1-2H3. The van der Waals surface area contributed by atoms with Crippen LogP contribution in [0.2, 0.25) is 0 Å². The SMILES string of the molecule is CCCCN(C)C(CN)c1nc2c(s1)CCCC2. The monoisotopic (exact) mass is 267 g/mol. The third-order valence-corrected chi connectivity index (χ3v) is 5.03. The Morgan fingerprint density at radius 1 is 1.39 bits per heavy atom. The van der Waals surface area contributed by atoms with Gasteiger partial charge >= 0.3 is 0 Å². The van der Waals surface area contributed by atoms with Crippen LogP contribution >= 0.6 is 11.3 Å². The van der Waals surface area contributed by atoms with E-state index in [2.05, 4.69) is 18.9 Å². The van der Waals surface area contributed by atoms with Crippen molar-refractivity contribution in [1.29, 1.82) is 0 Å². The zero-order valence-corrected chi connectivity index (χ0v) is 12.4. The Bertz CT molecular complexity index is 352. The highest BCUT2D eigenvalue weighted by atomic mass is 32.1. The highest BCUT2D eigenvalue weighted by molar-refractivity contribution is 7.11. The van der Waals surface area contributed by atoms with Crippen molar-refractivity contribution >= 4 is 11.3 Å². The molecule has 0 aliphatic heterocycles. The first-order valence-electron chi connectivity index (χ1n) is 7.15. The highest BCUT2D eigenvalue weighted by Crippen LogP contribution is 2.31. The molecule has 2 N–H and O–H groups in total. The van der Waals surface area contributed by atoms with Crippen molar-refractivity contribution in [3.63, 3.8) is 0 Å². The van der Waals surface area contributed by atoms with Gasteiger partial charge in [0.1, 0.15) is 5.01 Å². The molecule has 4 heteroatoms. The van der Waals surface area contributed by atoms with Gasteiger partial charge in [0.05, 0.1) is 11.7 Å². The predicted molar refractivity (Wildman–Crippen MR) is 78.1 cm³/mol. The summed E-state index contributed by atoms with van der Waals surface area (Å²) < 4.78 is 0. The van der Waals surface area contributed by atoms with E-state index in [0.717, 1.165) is 6.54 Å². The maximum absolute atomic E-state index is 5.96. The van der Waals surface area contributed by atoms with E-state index in [1.54, 1.807) is 0 Å². The smallest absolute Gasteiger partial charge is 0.112 e. The predicted octanol–water partition coefficient (Wildman–Crippen LogP) is 2.75. The maximum atomic E-state index is 5.96. The minimum Gasteiger partial charge on any atom is -0.329 e. The summed E-state index contributed by atoms with van der Waals surface area (Å²) in [7, 11) is 2.17. The number of rotatable bonds is 6. The second-order valence-corrected chi connectivity index (χ2v) is 6.33. The summed E-state index contributed by atoms with van der Waals surface area (Å²) in [6, 6.07) is 0.312. The van der Waals surface area contributed by atoms with Crippen LogP contribution in [0.4, 0.5) is 0 Å². The van der Waals surface area contributed by atoms with Gasteiger partial charge in [-0.2, -0.15) is 0 Å². The van der Waals surface area contributed by atoms with E-state index in [0.29, 0.717) is 12.6 Å². The van der Waals surface area contributed by atoms with Gasteiger partial charge in [-0.25, -0.2) is 4.98 Å². The summed E-state index contributed by atoms with van der Waals surface area (Å²) >= 11 is 1.90. The number of aromatic nitrogens is 1. The second-order valence-electron chi connectivity index (χ2n) is 5.21. The van der Waals surface area contributed by atoms with E-state index >= 15 is 0 Å². The normalized spacial score (nSPS) is 16.9. The average Bonchev–Trinajstić information content (AvgIpc) is 2.80. The van der Waals surface area contributed by atoms with Gasteiger partial charge in [-0.1, -0.05) is 13.3 Å². The number of nitrogens with zero attached hydrogens (tertiary/aromatic N) is 2. The van der Waals surface area contributed by atoms with E-state index in [4.69, 9.17) is 10.7 Å². The molecule has 2 rings (SSSR count). The maximum Gasteiger partial charge on any atom is 0.112 e. The number of fused-ring (bicyclic) bond motifs is 1. The Hall–Kier alpha value is -0.450. The molecule has 1 aromatic rings. The molecule has 102 valence electrons. The molecule has 1 atom stereocenters. The van der Waals surface area contributed by atoms with Crippen LogP contribution in [-0.4, -0.2) is 30.0 Å². The second kappa shape index (κ2) is 6.64. The number of thiazole rings is 1. The number of likely N-dealkylation sites (N-methyl/N-ethyl adjacent to an activating group) is 1. The Morgan fingerprint density at radius 2 is 2.17 bits per heavy atom. The van der Waals surface area contributed by atoms with Crippen molar-refractivity contribution in [3.8, 4) is 0 Å². The van der Waals surface area contributed by atoms with Gasteiger partial charge in [0, 0.05) is 11.4 Å². The molecular weight excluding hydrogens is 242 g/mol. The van der Waals surface area contributed by atoms with Gasteiger partial charge < -0.3 is 5.73 Å². The van der Waals surface area contributed by atoms with Gasteiger partial charge in [-0.15, -0.1) is 11.3 Å². The van der Waals surface area contributed by atoms with E-state index in [-0.39, 0.29) is 0 Å². The molecule has 1 heterocycles. The van der Waals surface area contributed by atoms with Crippen LogP contribution in [0.5, 0.6) is 0 Å². The first kappa shape index (κ1) is 14.0. The average molecular weight is 267 g/mol. The summed E-state index contributed by atoms with van der Waals surface area (Å²) in [6.45, 7) is 4.02. The number of nitrogens with two attached hydrogens (primary N) is 1. The Morgan fingerprint density at radius 3 is 2.83 bits per heavy atom. The molecule has 0 radical (unpaired) electrons. The van der Waals surface area contributed by atoms with Gasteiger partial charge in [-0.3, -0.25) is 4.90 Å². The summed E-state index contributed by atoms with van der Waals surface area (Å²) in [5.41, 5.74) is 7.31. The summed E-state index contributed by atoms with van der Waals surface area (Å²) in [5.74, 6) is 0. The lowest BCUT2D eigenvalue weighted by Gasteiger charge is -2.24. The molecule has 0 amide bonds. The highest BCUT2D eigenvalue weighted by Gasteiger charge is 2.22. The van der Waals surface area contributed by atoms with E-state index in [9.17, 15) is 0 Å². The van der Waals surface area contributed by atoms with Gasteiger partial charge in [0.15, 0.2) is 0 Å². The summed E-state index contributed by atoms with van der Waals surface area (Å²) in [5, 5.41) is 1.24. The quantitative estimate of drug-likeness (QED) is 0.862. The molecule has 0 fully saturated rings. The fourth-order valence-electron chi connectivity index (χ4n) is 2.55. The minimum absolute atomic E-state index is 0.312. The van der Waals surface area contributed by atoms with Crippen molar-refractivity contribution < 1.29 is 0 Å². The number of aryl methyl sites for hydroxylation is 2. The lowest BCUT2D eigenvalue weighted by Crippen LogP contribution is -2.31. The van der Waals surface area contributed by atoms with E-state index in [1.807, 2.05) is 11.3 Å². The molecule has 0 saturated carbocycles. The van der Waals surface area contributed by atoms with Gasteiger partial charge in [0.25, 0.3) is 0 Å². The van der Waals surface area contributed by atoms with Gasteiger partial charge in [-0.05, 0) is 45.7 Å². The first-order valence-corrected chi connectivity index (χ1v) is 7.96. The molecule has 0 saturated heterocycles. The molecule has 3 nitrogen and oxygen atoms in total. The first-order chi connectivity index (χ1) is 8.76. The lowest BCUT2D eigenvalue weighted by atomic mass is 10.0. The van der Waals surface area contributed by atoms with Crippen molar-refractivity contribution in [2.75, 3.05) is 20.1 Å². The zero-order chi connectivity index (χ0) is 13.0. The minimum atomic E-state index is 0.312. The third kappa shape index (κ3) is 3.11. The molecule has 1 aliphatic carbocycles. The van der Waals surface area contributed by atoms with Crippen LogP contribution in [0.25, 0.3) is 0 Å². The number of hydrogen-bond donors (Lipinski definition) is 1. The number of unbranched alkanes of at least 4 members (excludes halogenated alkanes) is 1. The largest absolute Gasteiger partial charge is 0.329 e. The molecule has 1 unspecified atom stereocenters. The van der Waals surface area contributed by atoms with Gasteiger partial charge in [0.2, 0.25) is 0 Å². The molecule has 0 spiro atoms. The van der Waals surface area contributed by atoms with Crippen molar-refractivity contribution in [2.24, 2.45) is 5.73 Å². The van der Waals surface area contributed by atoms with Crippen LogP contribution in [0, 0.1) is 0 Å². The fourth-order valence-corrected chi connectivity index (χ4v) is 3.88. The van der Waals surface area contributed by atoms with Crippen molar-refractivity contribution in [3.05, 3.63) is 15.6 Å². The van der Waals surface area contributed by atoms with Crippen LogP contribution in [0.3, 0.4) is 0 Å². The Balaban J connectivity index is 2.09. The zero-order valence-electron chi connectivity index (χ0n) is 11.6. The number of hydrogen-bond acceptors (Lipinski definition) is 4. The molecule has 1 aromatic heterocycles. The molecule has 0 aromatic carbocycles. The van der Waals surface area contributed by atoms with Crippen LogP contribution in [0.15, 0.2) is 0 Å². The molecule has 18 heavy (non-hydrogen) atoms. The van der Waals surface area contributed by atoms with Crippen molar-refractivity contribution in [1.82, 2.24) is 9.88 Å². The summed E-state index contributed by atoms with van der Waals surface area (Å²) in [4.78, 5) is 8.73. The topological polar surface area (TPSA) is 42.1 Å². The van der Waals surface area contributed by atoms with Crippen LogP contribution in [0.1, 0.15) is 54.2 Å². The van der Waals surface area contributed by atoms with Crippen LogP contribution < -0.4 is 5.73 Å². The van der Waals surface area contributed by atoms with E-state index in [1.165, 1.54) is 54.1 Å². The third-order valence-electron chi connectivity index (χ3n) is 3.77. The van der Waals surface area contributed by atoms with E-state index < -0.39 is 0 Å². The molecule has 0 bridgehead atoms. The Kier molecular flexibility index (Phi) is 5.15. The Labute approximate surface area is 114 Å². The lowest BCUT2D eigenvalue weighted by molar-refractivity contribution is 0.246. The molecular formula is C14H25N3S. The fraction of sp³-hybridized carbons (Fsp3) is 0.786. The van der Waals surface area contributed by atoms with Crippen molar-refractivity contribution in [2.45, 2.75) is 51.5 Å².